The number of rotatable bonds is 2. The highest BCUT2D eigenvalue weighted by atomic mass is 35.5. The number of H-pyrrole nitrogens is 1. The third kappa shape index (κ3) is 2.42. The first-order valence-electron chi connectivity index (χ1n) is 7.49. The topological polar surface area (TPSA) is 61.4 Å². The Balaban J connectivity index is 1.76. The lowest BCUT2D eigenvalue weighted by Crippen LogP contribution is -2.89. The third-order valence-electron chi connectivity index (χ3n) is 3.98. The molecule has 5 nitrogen and oxygen atoms in total. The van der Waals surface area contributed by atoms with Crippen LogP contribution in [0.4, 0.5) is 5.82 Å². The fourth-order valence-corrected chi connectivity index (χ4v) is 3.01. The molecule has 0 atom stereocenters. The van der Waals surface area contributed by atoms with Crippen molar-refractivity contribution in [3.63, 3.8) is 0 Å². The molecule has 3 aromatic rings. The van der Waals surface area contributed by atoms with Gasteiger partial charge in [-0.1, -0.05) is 23.7 Å². The quantitative estimate of drug-likeness (QED) is 0.756. The minimum atomic E-state index is 0.617. The molecule has 3 N–H and O–H groups in total. The van der Waals surface area contributed by atoms with Crippen LogP contribution in [-0.4, -0.2) is 41.1 Å². The van der Waals surface area contributed by atoms with E-state index in [0.29, 0.717) is 10.7 Å². The van der Waals surface area contributed by atoms with Gasteiger partial charge in [0.2, 0.25) is 0 Å². The number of nitrogens with zero attached hydrogens (tertiary/aromatic N) is 3. The summed E-state index contributed by atoms with van der Waals surface area (Å²) in [5.74, 6) is 1.68. The maximum Gasteiger partial charge on any atom is 0.158 e. The monoisotopic (exact) mass is 314 g/mol. The van der Waals surface area contributed by atoms with E-state index in [9.17, 15) is 0 Å². The maximum atomic E-state index is 6.35. The van der Waals surface area contributed by atoms with E-state index in [1.54, 1.807) is 0 Å². The highest BCUT2D eigenvalue weighted by Crippen LogP contribution is 2.28. The Labute approximate surface area is 133 Å². The Morgan fingerprint density at radius 1 is 1.05 bits per heavy atom. The van der Waals surface area contributed by atoms with Crippen molar-refractivity contribution in [2.24, 2.45) is 0 Å². The molecule has 1 fully saturated rings. The van der Waals surface area contributed by atoms with Gasteiger partial charge in [-0.25, -0.2) is 9.97 Å². The molecule has 0 aliphatic carbocycles. The Morgan fingerprint density at radius 2 is 1.86 bits per heavy atom. The summed E-state index contributed by atoms with van der Waals surface area (Å²) in [6, 6.07) is 11.8. The largest absolute Gasteiger partial charge is 0.345 e. The fourth-order valence-electron chi connectivity index (χ4n) is 2.82. The van der Waals surface area contributed by atoms with Gasteiger partial charge in [-0.15, -0.1) is 0 Å². The molecule has 112 valence electrons. The number of piperazine rings is 1. The van der Waals surface area contributed by atoms with Crippen molar-refractivity contribution >= 4 is 28.5 Å². The minimum Gasteiger partial charge on any atom is -0.345 e. The molecule has 4 rings (SSSR count). The van der Waals surface area contributed by atoms with Crippen molar-refractivity contribution in [3.05, 3.63) is 41.4 Å². The highest BCUT2D eigenvalue weighted by Gasteiger charge is 2.17. The number of benzene rings is 1. The Kier molecular flexibility index (Phi) is 3.44. The first kappa shape index (κ1) is 13.5. The molecule has 22 heavy (non-hydrogen) atoms. The molecule has 6 heteroatoms. The number of hydrogen-bond acceptors (Lipinski definition) is 3. The van der Waals surface area contributed by atoms with Crippen molar-refractivity contribution < 1.29 is 5.32 Å². The van der Waals surface area contributed by atoms with E-state index < -0.39 is 0 Å². The molecule has 1 aliphatic heterocycles. The number of nitrogens with two attached hydrogens (primary N) is 1. The summed E-state index contributed by atoms with van der Waals surface area (Å²) in [5, 5.41) is 2.94. The van der Waals surface area contributed by atoms with Gasteiger partial charge in [0.15, 0.2) is 5.82 Å². The number of quaternary nitrogens is 1. The van der Waals surface area contributed by atoms with Crippen LogP contribution >= 0.6 is 11.6 Å². The molecule has 0 unspecified atom stereocenters. The maximum absolute atomic E-state index is 6.35. The number of pyridine rings is 1. The van der Waals surface area contributed by atoms with Gasteiger partial charge >= 0.3 is 0 Å². The number of hydrogen-bond donors (Lipinski definition) is 2. The van der Waals surface area contributed by atoms with E-state index in [1.165, 1.54) is 0 Å². The highest BCUT2D eigenvalue weighted by molar-refractivity contribution is 6.33. The summed E-state index contributed by atoms with van der Waals surface area (Å²) in [4.78, 5) is 14.9. The van der Waals surface area contributed by atoms with Crippen molar-refractivity contribution in [1.29, 1.82) is 0 Å². The lowest BCUT2D eigenvalue weighted by Gasteiger charge is -2.26. The summed E-state index contributed by atoms with van der Waals surface area (Å²) >= 11 is 6.35. The van der Waals surface area contributed by atoms with Crippen LogP contribution in [0.25, 0.3) is 22.6 Å². The van der Waals surface area contributed by atoms with Crippen LogP contribution < -0.4 is 10.2 Å². The van der Waals surface area contributed by atoms with Gasteiger partial charge in [0.25, 0.3) is 0 Å². The molecule has 0 spiro atoms. The van der Waals surface area contributed by atoms with Gasteiger partial charge in [-0.05, 0) is 24.3 Å². The zero-order valence-electron chi connectivity index (χ0n) is 12.1. The van der Waals surface area contributed by atoms with Gasteiger partial charge in [0.1, 0.15) is 11.5 Å². The number of imidazole rings is 1. The average molecular weight is 315 g/mol. The van der Waals surface area contributed by atoms with E-state index in [4.69, 9.17) is 16.6 Å². The van der Waals surface area contributed by atoms with Crippen molar-refractivity contribution in [3.8, 4) is 11.5 Å². The smallest absolute Gasteiger partial charge is 0.158 e. The predicted molar refractivity (Wildman–Crippen MR) is 88.2 cm³/mol. The summed E-state index contributed by atoms with van der Waals surface area (Å²) in [6.07, 6.45) is 0. The fraction of sp³-hybridized carbons (Fsp3) is 0.250. The van der Waals surface area contributed by atoms with Crippen molar-refractivity contribution in [2.75, 3.05) is 31.1 Å². The number of nitrogens with one attached hydrogen (secondary N) is 1. The van der Waals surface area contributed by atoms with Crippen LogP contribution in [0.2, 0.25) is 5.02 Å². The van der Waals surface area contributed by atoms with Gasteiger partial charge in [0.05, 0.1) is 42.2 Å². The van der Waals surface area contributed by atoms with Gasteiger partial charge < -0.3 is 15.2 Å². The van der Waals surface area contributed by atoms with Crippen LogP contribution in [-0.2, 0) is 0 Å². The van der Waals surface area contributed by atoms with E-state index in [2.05, 4.69) is 20.2 Å². The number of anilines is 1. The number of aromatic nitrogens is 3. The van der Waals surface area contributed by atoms with Crippen molar-refractivity contribution in [2.45, 2.75) is 0 Å². The van der Waals surface area contributed by atoms with Crippen LogP contribution in [0, 0.1) is 0 Å². The summed E-state index contributed by atoms with van der Waals surface area (Å²) in [6.45, 7) is 4.22. The first-order chi connectivity index (χ1) is 10.8. The van der Waals surface area contributed by atoms with Gasteiger partial charge in [0, 0.05) is 0 Å². The number of para-hydroxylation sites is 2. The molecular formula is C16H17ClN5+. The van der Waals surface area contributed by atoms with E-state index in [-0.39, 0.29) is 0 Å². The lowest BCUT2D eigenvalue weighted by atomic mass is 10.3. The SMILES string of the molecule is Clc1ccc(N2CC[NH2+]CC2)nc1-c1nc2ccccc2[nH]1. The Morgan fingerprint density at radius 3 is 2.68 bits per heavy atom. The molecule has 2 aromatic heterocycles. The average Bonchev–Trinajstić information content (AvgIpc) is 3.00. The van der Waals surface area contributed by atoms with Crippen LogP contribution in [0.5, 0.6) is 0 Å². The molecular weight excluding hydrogens is 298 g/mol. The summed E-state index contributed by atoms with van der Waals surface area (Å²) in [5.41, 5.74) is 2.63. The molecule has 0 saturated carbocycles. The molecule has 0 bridgehead atoms. The van der Waals surface area contributed by atoms with E-state index in [1.807, 2.05) is 36.4 Å². The van der Waals surface area contributed by atoms with Gasteiger partial charge in [-0.3, -0.25) is 0 Å². The summed E-state index contributed by atoms with van der Waals surface area (Å²) in [7, 11) is 0. The van der Waals surface area contributed by atoms with Crippen molar-refractivity contribution in [1.82, 2.24) is 15.0 Å². The van der Waals surface area contributed by atoms with E-state index >= 15 is 0 Å². The number of halogens is 1. The summed E-state index contributed by atoms with van der Waals surface area (Å²) < 4.78 is 0. The van der Waals surface area contributed by atoms with E-state index in [0.717, 1.165) is 48.9 Å². The predicted octanol–water partition coefficient (Wildman–Crippen LogP) is 1.66. The normalized spacial score (nSPS) is 15.4. The molecule has 1 aromatic carbocycles. The molecule has 3 heterocycles. The van der Waals surface area contributed by atoms with Crippen LogP contribution in [0.1, 0.15) is 0 Å². The molecule has 0 radical (unpaired) electrons. The number of fused-ring (bicyclic) bond motifs is 1. The second kappa shape index (κ2) is 5.59. The molecule has 1 saturated heterocycles. The van der Waals surface area contributed by atoms with Crippen LogP contribution in [0.3, 0.4) is 0 Å². The Bertz CT molecular complexity index is 774. The zero-order chi connectivity index (χ0) is 14.9. The second-order valence-electron chi connectivity index (χ2n) is 5.46. The van der Waals surface area contributed by atoms with Crippen LogP contribution in [0.15, 0.2) is 36.4 Å². The minimum absolute atomic E-state index is 0.617. The zero-order valence-corrected chi connectivity index (χ0v) is 12.8. The molecule has 1 aliphatic rings. The standard InChI is InChI=1S/C16H16ClN5/c17-11-5-6-14(22-9-7-18-8-10-22)21-15(11)16-19-12-3-1-2-4-13(12)20-16/h1-6,18H,7-10H2,(H,19,20)/p+1. The number of aromatic amines is 1. The molecule has 0 amide bonds. The third-order valence-corrected chi connectivity index (χ3v) is 4.28. The Hall–Kier alpha value is -2.11. The first-order valence-corrected chi connectivity index (χ1v) is 7.87. The van der Waals surface area contributed by atoms with Gasteiger partial charge in [-0.2, -0.15) is 0 Å². The lowest BCUT2D eigenvalue weighted by molar-refractivity contribution is -0.655. The second-order valence-corrected chi connectivity index (χ2v) is 5.86.